The number of halogens is 4. The summed E-state index contributed by atoms with van der Waals surface area (Å²) in [6.07, 6.45) is -3.32. The molecule has 0 unspecified atom stereocenters. The minimum absolute atomic E-state index is 0.0340. The number of hydrogen-bond acceptors (Lipinski definition) is 4. The Hall–Kier alpha value is -2.94. The van der Waals surface area contributed by atoms with Gasteiger partial charge < -0.3 is 5.32 Å². The Bertz CT molecular complexity index is 912. The molecule has 0 saturated carbocycles. The first-order valence-corrected chi connectivity index (χ1v) is 7.24. The average Bonchev–Trinajstić information content (AvgIpc) is 3.10. The second kappa shape index (κ2) is 6.52. The van der Waals surface area contributed by atoms with Gasteiger partial charge in [0.1, 0.15) is 6.33 Å². The van der Waals surface area contributed by atoms with Gasteiger partial charge in [0.2, 0.25) is 0 Å². The quantitative estimate of drug-likeness (QED) is 0.768. The number of carbonyl (C=O) groups excluding carboxylic acids is 1. The molecule has 0 bridgehead atoms. The molecule has 0 spiro atoms. The van der Waals surface area contributed by atoms with E-state index >= 15 is 0 Å². The maximum Gasteiger partial charge on any atom is 0.417 e. The fraction of sp³-hybridized carbons (Fsp3) is 0.0667. The van der Waals surface area contributed by atoms with Crippen molar-refractivity contribution in [2.75, 3.05) is 5.32 Å². The van der Waals surface area contributed by atoms with E-state index < -0.39 is 22.7 Å². The van der Waals surface area contributed by atoms with Gasteiger partial charge in [-0.15, -0.1) is 5.10 Å². The number of nitrogens with zero attached hydrogens (tertiary/aromatic N) is 4. The van der Waals surface area contributed by atoms with Crippen molar-refractivity contribution in [3.8, 4) is 5.69 Å². The minimum atomic E-state index is -4.62. The number of amides is 1. The van der Waals surface area contributed by atoms with Gasteiger partial charge in [-0.2, -0.15) is 17.9 Å². The number of benzene rings is 2. The Kier molecular flexibility index (Phi) is 4.41. The summed E-state index contributed by atoms with van der Waals surface area (Å²) in [6.45, 7) is 0. The Morgan fingerprint density at radius 1 is 1.16 bits per heavy atom. The van der Waals surface area contributed by atoms with Crippen LogP contribution in [-0.2, 0) is 6.18 Å². The molecule has 0 radical (unpaired) electrons. The fourth-order valence-corrected chi connectivity index (χ4v) is 2.38. The molecule has 0 atom stereocenters. The third-order valence-corrected chi connectivity index (χ3v) is 3.60. The van der Waals surface area contributed by atoms with Gasteiger partial charge >= 0.3 is 6.18 Å². The zero-order valence-corrected chi connectivity index (χ0v) is 13.1. The molecule has 1 heterocycles. The Labute approximate surface area is 144 Å². The van der Waals surface area contributed by atoms with Crippen LogP contribution in [0.5, 0.6) is 0 Å². The van der Waals surface area contributed by atoms with E-state index in [4.69, 9.17) is 11.6 Å². The molecule has 0 aliphatic carbocycles. The lowest BCUT2D eigenvalue weighted by molar-refractivity contribution is -0.137. The molecule has 0 aliphatic heterocycles. The molecule has 1 amide bonds. The highest BCUT2D eigenvalue weighted by molar-refractivity contribution is 6.31. The van der Waals surface area contributed by atoms with E-state index in [9.17, 15) is 18.0 Å². The molecule has 10 heteroatoms. The lowest BCUT2D eigenvalue weighted by Gasteiger charge is -2.13. The number of aromatic nitrogens is 4. The van der Waals surface area contributed by atoms with Crippen LogP contribution in [0.4, 0.5) is 18.9 Å². The molecule has 3 aromatic rings. The normalized spacial score (nSPS) is 11.4. The van der Waals surface area contributed by atoms with Crippen molar-refractivity contribution in [3.63, 3.8) is 0 Å². The summed E-state index contributed by atoms with van der Waals surface area (Å²) in [5.41, 5.74) is -0.484. The summed E-state index contributed by atoms with van der Waals surface area (Å²) in [7, 11) is 0. The van der Waals surface area contributed by atoms with Crippen molar-refractivity contribution in [1.82, 2.24) is 20.2 Å². The van der Waals surface area contributed by atoms with E-state index in [0.29, 0.717) is 5.69 Å². The topological polar surface area (TPSA) is 72.7 Å². The van der Waals surface area contributed by atoms with Gasteiger partial charge in [0.25, 0.3) is 5.91 Å². The summed E-state index contributed by atoms with van der Waals surface area (Å²) in [6, 6.07) is 9.55. The Morgan fingerprint density at radius 3 is 2.60 bits per heavy atom. The van der Waals surface area contributed by atoms with Gasteiger partial charge in [0.15, 0.2) is 0 Å². The van der Waals surface area contributed by atoms with Gasteiger partial charge in [-0.3, -0.25) is 4.79 Å². The number of nitrogens with one attached hydrogen (secondary N) is 1. The molecule has 1 N–H and O–H groups in total. The van der Waals surface area contributed by atoms with E-state index in [1.165, 1.54) is 23.1 Å². The summed E-state index contributed by atoms with van der Waals surface area (Å²) < 4.78 is 40.0. The first-order valence-electron chi connectivity index (χ1n) is 6.87. The monoisotopic (exact) mass is 367 g/mol. The predicted molar refractivity (Wildman–Crippen MR) is 83.6 cm³/mol. The number of rotatable bonds is 3. The van der Waals surface area contributed by atoms with Crippen LogP contribution < -0.4 is 5.32 Å². The van der Waals surface area contributed by atoms with Crippen molar-refractivity contribution in [3.05, 3.63) is 64.9 Å². The van der Waals surface area contributed by atoms with Gasteiger partial charge in [-0.1, -0.05) is 23.7 Å². The van der Waals surface area contributed by atoms with Crippen LogP contribution in [0.25, 0.3) is 5.69 Å². The third kappa shape index (κ3) is 3.61. The zero-order chi connectivity index (χ0) is 18.0. The molecule has 2 aromatic carbocycles. The lowest BCUT2D eigenvalue weighted by atomic mass is 10.1. The SMILES string of the molecule is O=C(Nc1ccc(Cl)c(C(F)(F)F)c1)c1ccccc1-n1cnnn1. The second-order valence-electron chi connectivity index (χ2n) is 4.92. The van der Waals surface area contributed by atoms with Crippen LogP contribution in [0.15, 0.2) is 48.8 Å². The number of para-hydroxylation sites is 1. The van der Waals surface area contributed by atoms with E-state index in [1.807, 2.05) is 0 Å². The van der Waals surface area contributed by atoms with E-state index in [1.54, 1.807) is 18.2 Å². The molecule has 6 nitrogen and oxygen atoms in total. The number of tetrazole rings is 1. The standard InChI is InChI=1S/C15H9ClF3N5O/c16-12-6-5-9(7-11(12)15(17,18)19)21-14(25)10-3-1-2-4-13(10)24-8-20-22-23-24/h1-8H,(H,21,25). The highest BCUT2D eigenvalue weighted by atomic mass is 35.5. The zero-order valence-electron chi connectivity index (χ0n) is 12.3. The van der Waals surface area contributed by atoms with Crippen LogP contribution in [0.2, 0.25) is 5.02 Å². The number of anilines is 1. The maximum atomic E-state index is 12.9. The molecule has 0 fully saturated rings. The predicted octanol–water partition coefficient (Wildman–Crippen LogP) is 3.59. The van der Waals surface area contributed by atoms with Crippen LogP contribution in [0.1, 0.15) is 15.9 Å². The van der Waals surface area contributed by atoms with Crippen molar-refractivity contribution in [2.24, 2.45) is 0 Å². The largest absolute Gasteiger partial charge is 0.417 e. The third-order valence-electron chi connectivity index (χ3n) is 3.27. The summed E-state index contributed by atoms with van der Waals surface area (Å²) >= 11 is 5.57. The number of carbonyl (C=O) groups is 1. The lowest BCUT2D eigenvalue weighted by Crippen LogP contribution is -2.16. The van der Waals surface area contributed by atoms with E-state index in [0.717, 1.165) is 12.1 Å². The molecule has 0 aliphatic rings. The summed E-state index contributed by atoms with van der Waals surface area (Å²) in [4.78, 5) is 12.5. The van der Waals surface area contributed by atoms with Gasteiger partial charge in [-0.25, -0.2) is 0 Å². The number of hydrogen-bond donors (Lipinski definition) is 1. The molecular formula is C15H9ClF3N5O. The van der Waals surface area contributed by atoms with Crippen molar-refractivity contribution in [2.45, 2.75) is 6.18 Å². The van der Waals surface area contributed by atoms with Crippen LogP contribution in [0, 0.1) is 0 Å². The minimum Gasteiger partial charge on any atom is -0.322 e. The number of alkyl halides is 3. The average molecular weight is 368 g/mol. The molecule has 25 heavy (non-hydrogen) atoms. The highest BCUT2D eigenvalue weighted by Gasteiger charge is 2.33. The molecule has 0 saturated heterocycles. The van der Waals surface area contributed by atoms with E-state index in [2.05, 4.69) is 20.8 Å². The molecular weight excluding hydrogens is 359 g/mol. The van der Waals surface area contributed by atoms with E-state index in [-0.39, 0.29) is 11.3 Å². The summed E-state index contributed by atoms with van der Waals surface area (Å²) in [5.74, 6) is -0.610. The summed E-state index contributed by atoms with van der Waals surface area (Å²) in [5, 5.41) is 12.7. The first kappa shape index (κ1) is 16.9. The molecule has 1 aromatic heterocycles. The van der Waals surface area contributed by atoms with Crippen molar-refractivity contribution in [1.29, 1.82) is 0 Å². The molecule has 3 rings (SSSR count). The van der Waals surface area contributed by atoms with Gasteiger partial charge in [-0.05, 0) is 40.8 Å². The fourth-order valence-electron chi connectivity index (χ4n) is 2.16. The second-order valence-corrected chi connectivity index (χ2v) is 5.33. The van der Waals surface area contributed by atoms with Gasteiger partial charge in [0.05, 0.1) is 21.8 Å². The van der Waals surface area contributed by atoms with Crippen LogP contribution in [-0.4, -0.2) is 26.1 Å². The van der Waals surface area contributed by atoms with Crippen LogP contribution >= 0.6 is 11.6 Å². The maximum absolute atomic E-state index is 12.9. The first-order chi connectivity index (χ1) is 11.9. The highest BCUT2D eigenvalue weighted by Crippen LogP contribution is 2.36. The molecule has 128 valence electrons. The van der Waals surface area contributed by atoms with Gasteiger partial charge in [0, 0.05) is 5.69 Å². The van der Waals surface area contributed by atoms with Crippen molar-refractivity contribution < 1.29 is 18.0 Å². The smallest absolute Gasteiger partial charge is 0.322 e. The van der Waals surface area contributed by atoms with Crippen molar-refractivity contribution >= 4 is 23.2 Å². The Morgan fingerprint density at radius 2 is 1.92 bits per heavy atom. The van der Waals surface area contributed by atoms with Crippen LogP contribution in [0.3, 0.4) is 0 Å². The Balaban J connectivity index is 1.92.